The number of thiophene rings is 1. The van der Waals surface area contributed by atoms with Gasteiger partial charge in [-0.25, -0.2) is 13.2 Å². The summed E-state index contributed by atoms with van der Waals surface area (Å²) in [6.07, 6.45) is 0.436. The highest BCUT2D eigenvalue weighted by molar-refractivity contribution is 7.90. The van der Waals surface area contributed by atoms with E-state index in [1.54, 1.807) is 6.92 Å². The molecule has 2 aromatic rings. The molecule has 0 aliphatic carbocycles. The predicted octanol–water partition coefficient (Wildman–Crippen LogP) is 2.89. The SMILES string of the molecule is CCOC(=O)c1c(NC(=O)Cc2ccccc2C)sc2c1CCS(=O)(=O)C2. The molecule has 0 bridgehead atoms. The lowest BCUT2D eigenvalue weighted by Gasteiger charge is -2.13. The van der Waals surface area contributed by atoms with Crippen LogP contribution in [-0.2, 0) is 38.0 Å². The van der Waals surface area contributed by atoms with Crippen LogP contribution in [0.3, 0.4) is 0 Å². The van der Waals surface area contributed by atoms with Gasteiger partial charge >= 0.3 is 5.97 Å². The molecule has 144 valence electrons. The zero-order valence-corrected chi connectivity index (χ0v) is 16.8. The van der Waals surface area contributed by atoms with E-state index in [2.05, 4.69) is 5.32 Å². The number of carbonyl (C=O) groups excluding carboxylic acids is 2. The van der Waals surface area contributed by atoms with Gasteiger partial charge in [0.2, 0.25) is 5.91 Å². The number of carbonyl (C=O) groups is 2. The van der Waals surface area contributed by atoms with Crippen LogP contribution in [0.4, 0.5) is 5.00 Å². The van der Waals surface area contributed by atoms with E-state index in [1.807, 2.05) is 31.2 Å². The number of esters is 1. The first kappa shape index (κ1) is 19.6. The van der Waals surface area contributed by atoms with Crippen molar-refractivity contribution in [3.8, 4) is 0 Å². The van der Waals surface area contributed by atoms with Gasteiger partial charge in [0.1, 0.15) is 5.00 Å². The second-order valence-electron chi connectivity index (χ2n) is 6.42. The molecule has 1 aromatic heterocycles. The summed E-state index contributed by atoms with van der Waals surface area (Å²) in [6, 6.07) is 7.59. The molecule has 0 spiro atoms. The Bertz CT molecular complexity index is 992. The maximum Gasteiger partial charge on any atom is 0.341 e. The van der Waals surface area contributed by atoms with Gasteiger partial charge in [0.25, 0.3) is 0 Å². The third kappa shape index (κ3) is 4.39. The van der Waals surface area contributed by atoms with Crippen molar-refractivity contribution in [1.82, 2.24) is 0 Å². The van der Waals surface area contributed by atoms with Crippen molar-refractivity contribution in [1.29, 1.82) is 0 Å². The smallest absolute Gasteiger partial charge is 0.341 e. The zero-order chi connectivity index (χ0) is 19.6. The fourth-order valence-corrected chi connectivity index (χ4v) is 6.14. The monoisotopic (exact) mass is 407 g/mol. The maximum atomic E-state index is 12.5. The maximum absolute atomic E-state index is 12.5. The van der Waals surface area contributed by atoms with Gasteiger partial charge in [-0.15, -0.1) is 11.3 Å². The Morgan fingerprint density at radius 1 is 1.26 bits per heavy atom. The lowest BCUT2D eigenvalue weighted by Crippen LogP contribution is -2.20. The van der Waals surface area contributed by atoms with Crippen LogP contribution in [-0.4, -0.2) is 32.7 Å². The van der Waals surface area contributed by atoms with Gasteiger partial charge in [-0.2, -0.15) is 0 Å². The van der Waals surface area contributed by atoms with Gasteiger partial charge < -0.3 is 10.1 Å². The first-order chi connectivity index (χ1) is 12.8. The minimum absolute atomic E-state index is 0.000263. The van der Waals surface area contributed by atoms with E-state index < -0.39 is 15.8 Å². The molecule has 1 aromatic carbocycles. The van der Waals surface area contributed by atoms with Gasteiger partial charge in [0.05, 0.1) is 30.1 Å². The molecule has 1 N–H and O–H groups in total. The predicted molar refractivity (Wildman–Crippen MR) is 105 cm³/mol. The summed E-state index contributed by atoms with van der Waals surface area (Å²) in [7, 11) is -3.17. The summed E-state index contributed by atoms with van der Waals surface area (Å²) in [5.74, 6) is -0.885. The van der Waals surface area contributed by atoms with E-state index >= 15 is 0 Å². The normalized spacial score (nSPS) is 15.0. The highest BCUT2D eigenvalue weighted by atomic mass is 32.2. The Balaban J connectivity index is 1.90. The van der Waals surface area contributed by atoms with Crippen LogP contribution in [0.5, 0.6) is 0 Å². The summed E-state index contributed by atoms with van der Waals surface area (Å²) in [5.41, 5.74) is 2.88. The van der Waals surface area contributed by atoms with Gasteiger partial charge in [-0.1, -0.05) is 24.3 Å². The summed E-state index contributed by atoms with van der Waals surface area (Å²) in [4.78, 5) is 25.6. The highest BCUT2D eigenvalue weighted by Gasteiger charge is 2.32. The Morgan fingerprint density at radius 3 is 2.70 bits per heavy atom. The van der Waals surface area contributed by atoms with Crippen LogP contribution in [0.15, 0.2) is 24.3 Å². The molecule has 0 unspecified atom stereocenters. The number of nitrogens with one attached hydrogen (secondary N) is 1. The van der Waals surface area contributed by atoms with Crippen LogP contribution in [0.1, 0.15) is 38.8 Å². The molecular weight excluding hydrogens is 386 g/mol. The summed E-state index contributed by atoms with van der Waals surface area (Å²) >= 11 is 1.15. The number of fused-ring (bicyclic) bond motifs is 1. The average Bonchev–Trinajstić information content (AvgIpc) is 2.92. The number of aryl methyl sites for hydroxylation is 1. The standard InChI is InChI=1S/C19H21NO5S2/c1-3-25-19(22)17-14-8-9-27(23,24)11-15(14)26-18(17)20-16(21)10-13-7-5-4-6-12(13)2/h4-7H,3,8-11H2,1-2H3,(H,20,21). The van der Waals surface area contributed by atoms with Crippen molar-refractivity contribution >= 4 is 38.1 Å². The molecule has 0 fully saturated rings. The van der Waals surface area contributed by atoms with E-state index in [9.17, 15) is 18.0 Å². The Hall–Kier alpha value is -2.19. The summed E-state index contributed by atoms with van der Waals surface area (Å²) in [5, 5.41) is 3.16. The minimum Gasteiger partial charge on any atom is -0.462 e. The lowest BCUT2D eigenvalue weighted by molar-refractivity contribution is -0.115. The van der Waals surface area contributed by atoms with Gasteiger partial charge in [0.15, 0.2) is 9.84 Å². The van der Waals surface area contributed by atoms with E-state index in [-0.39, 0.29) is 36.9 Å². The van der Waals surface area contributed by atoms with Crippen molar-refractivity contribution in [3.05, 3.63) is 51.4 Å². The molecule has 1 amide bonds. The second kappa shape index (κ2) is 7.82. The first-order valence-electron chi connectivity index (χ1n) is 8.67. The van der Waals surface area contributed by atoms with Gasteiger partial charge in [-0.3, -0.25) is 4.79 Å². The molecule has 2 heterocycles. The average molecular weight is 408 g/mol. The van der Waals surface area contributed by atoms with Crippen LogP contribution in [0.25, 0.3) is 0 Å². The molecule has 0 radical (unpaired) electrons. The van der Waals surface area contributed by atoms with Crippen LogP contribution in [0, 0.1) is 6.92 Å². The molecule has 0 saturated carbocycles. The molecule has 0 saturated heterocycles. The largest absolute Gasteiger partial charge is 0.462 e. The zero-order valence-electron chi connectivity index (χ0n) is 15.2. The molecule has 27 heavy (non-hydrogen) atoms. The molecule has 8 heteroatoms. The Morgan fingerprint density at radius 2 is 2.00 bits per heavy atom. The fourth-order valence-electron chi connectivity index (χ4n) is 3.08. The Kier molecular flexibility index (Phi) is 5.67. The third-order valence-electron chi connectivity index (χ3n) is 4.45. The molecule has 1 aliphatic rings. The van der Waals surface area contributed by atoms with Crippen molar-refractivity contribution < 1.29 is 22.7 Å². The van der Waals surface area contributed by atoms with Crippen LogP contribution < -0.4 is 5.32 Å². The highest BCUT2D eigenvalue weighted by Crippen LogP contribution is 2.38. The molecule has 3 rings (SSSR count). The second-order valence-corrected chi connectivity index (χ2v) is 9.71. The van der Waals surface area contributed by atoms with Crippen molar-refractivity contribution in [2.45, 2.75) is 32.4 Å². The molecule has 0 atom stereocenters. The van der Waals surface area contributed by atoms with E-state index in [0.717, 1.165) is 22.5 Å². The topological polar surface area (TPSA) is 89.5 Å². The Labute approximate surface area is 162 Å². The van der Waals surface area contributed by atoms with E-state index in [1.165, 1.54) is 0 Å². The molecule has 1 aliphatic heterocycles. The number of hydrogen-bond donors (Lipinski definition) is 1. The molecular formula is C19H21NO5S2. The molecule has 6 nitrogen and oxygen atoms in total. The minimum atomic E-state index is -3.17. The summed E-state index contributed by atoms with van der Waals surface area (Å²) < 4.78 is 29.0. The number of rotatable bonds is 5. The van der Waals surface area contributed by atoms with E-state index in [4.69, 9.17) is 4.74 Å². The quantitative estimate of drug-likeness (QED) is 0.770. The number of ether oxygens (including phenoxy) is 1. The van der Waals surface area contributed by atoms with Crippen molar-refractivity contribution in [2.24, 2.45) is 0 Å². The van der Waals surface area contributed by atoms with Gasteiger partial charge in [-0.05, 0) is 37.0 Å². The number of hydrogen-bond acceptors (Lipinski definition) is 6. The first-order valence-corrected chi connectivity index (χ1v) is 11.3. The van der Waals surface area contributed by atoms with Crippen molar-refractivity contribution in [3.63, 3.8) is 0 Å². The third-order valence-corrected chi connectivity index (χ3v) is 7.33. The van der Waals surface area contributed by atoms with Crippen molar-refractivity contribution in [2.75, 3.05) is 17.7 Å². The summed E-state index contributed by atoms with van der Waals surface area (Å²) in [6.45, 7) is 3.84. The van der Waals surface area contributed by atoms with Crippen LogP contribution in [0.2, 0.25) is 0 Å². The number of sulfone groups is 1. The van der Waals surface area contributed by atoms with Crippen LogP contribution >= 0.6 is 11.3 Å². The number of benzene rings is 1. The fraction of sp³-hybridized carbons (Fsp3) is 0.368. The number of amides is 1. The van der Waals surface area contributed by atoms with Gasteiger partial charge in [0, 0.05) is 4.88 Å². The van der Waals surface area contributed by atoms with E-state index in [0.29, 0.717) is 21.0 Å². The number of anilines is 1. The lowest BCUT2D eigenvalue weighted by atomic mass is 10.1.